The highest BCUT2D eigenvalue weighted by Crippen LogP contribution is 2.37. The molecule has 6 nitrogen and oxygen atoms in total. The molecular formula is C17H14Cl2N4O2S. The smallest absolute Gasteiger partial charge is 0.239 e. The second-order valence-corrected chi connectivity index (χ2v) is 8.01. The van der Waals surface area contributed by atoms with Gasteiger partial charge in [0.1, 0.15) is 10.7 Å². The van der Waals surface area contributed by atoms with E-state index in [0.717, 1.165) is 5.56 Å². The van der Waals surface area contributed by atoms with Crippen molar-refractivity contribution in [1.29, 1.82) is 0 Å². The summed E-state index contributed by atoms with van der Waals surface area (Å²) in [6.45, 7) is 1.85. The van der Waals surface area contributed by atoms with Crippen molar-refractivity contribution in [3.63, 3.8) is 0 Å². The average molecular weight is 409 g/mol. The maximum atomic E-state index is 12.0. The minimum Gasteiger partial charge on any atom is -0.384 e. The molecule has 4 N–H and O–H groups in total. The Hall–Kier alpha value is -2.19. The Balaban J connectivity index is 2.33. The van der Waals surface area contributed by atoms with Crippen LogP contribution in [0.1, 0.15) is 5.56 Å². The van der Waals surface area contributed by atoms with Crippen LogP contribution in [0.25, 0.3) is 22.4 Å². The van der Waals surface area contributed by atoms with Crippen molar-refractivity contribution in [2.75, 3.05) is 5.73 Å². The van der Waals surface area contributed by atoms with Crippen molar-refractivity contribution >= 4 is 39.0 Å². The number of aromatic nitrogens is 2. The molecule has 0 radical (unpaired) electrons. The first-order valence-corrected chi connectivity index (χ1v) is 9.68. The number of halogens is 2. The SMILES string of the molecule is Cc1cc(N)ncc1-c1cc(-c2ccc(Cl)cn2)c(Cl)c(S(N)(=O)=O)c1. The van der Waals surface area contributed by atoms with E-state index in [-0.39, 0.29) is 9.92 Å². The number of nitrogens with zero attached hydrogens (tertiary/aromatic N) is 2. The quantitative estimate of drug-likeness (QED) is 0.686. The Morgan fingerprint density at radius 1 is 1.00 bits per heavy atom. The van der Waals surface area contributed by atoms with Crippen molar-refractivity contribution in [2.45, 2.75) is 11.8 Å². The molecule has 0 aliphatic rings. The summed E-state index contributed by atoms with van der Waals surface area (Å²) in [6.07, 6.45) is 3.02. The number of sulfonamides is 1. The van der Waals surface area contributed by atoms with E-state index in [1.54, 1.807) is 30.5 Å². The third-order valence-corrected chi connectivity index (χ3v) is 5.47. The van der Waals surface area contributed by atoms with Crippen LogP contribution in [-0.4, -0.2) is 18.4 Å². The third kappa shape index (κ3) is 3.66. The molecule has 3 aromatic rings. The summed E-state index contributed by atoms with van der Waals surface area (Å²) in [5, 5.41) is 5.79. The Kier molecular flexibility index (Phi) is 4.90. The van der Waals surface area contributed by atoms with Crippen LogP contribution in [0.5, 0.6) is 0 Å². The second-order valence-electron chi connectivity index (χ2n) is 5.67. The number of pyridine rings is 2. The second kappa shape index (κ2) is 6.85. The van der Waals surface area contributed by atoms with Gasteiger partial charge >= 0.3 is 0 Å². The van der Waals surface area contributed by atoms with Gasteiger partial charge in [-0.05, 0) is 48.4 Å². The van der Waals surface area contributed by atoms with E-state index in [2.05, 4.69) is 9.97 Å². The molecule has 1 aromatic carbocycles. The summed E-state index contributed by atoms with van der Waals surface area (Å²) in [5.74, 6) is 0.367. The summed E-state index contributed by atoms with van der Waals surface area (Å²) in [5.41, 5.74) is 8.69. The average Bonchev–Trinajstić information content (AvgIpc) is 2.55. The van der Waals surface area contributed by atoms with Gasteiger partial charge in [-0.15, -0.1) is 0 Å². The minimum absolute atomic E-state index is 0.00729. The molecule has 9 heteroatoms. The van der Waals surface area contributed by atoms with Gasteiger partial charge in [0, 0.05) is 23.5 Å². The summed E-state index contributed by atoms with van der Waals surface area (Å²) >= 11 is 12.2. The Labute approximate surface area is 160 Å². The molecule has 0 spiro atoms. The fourth-order valence-electron chi connectivity index (χ4n) is 2.56. The van der Waals surface area contributed by atoms with Gasteiger partial charge < -0.3 is 5.73 Å². The van der Waals surface area contributed by atoms with Gasteiger partial charge in [-0.25, -0.2) is 18.5 Å². The maximum absolute atomic E-state index is 12.0. The summed E-state index contributed by atoms with van der Waals surface area (Å²) < 4.78 is 24.1. The number of anilines is 1. The first-order valence-electron chi connectivity index (χ1n) is 7.37. The lowest BCUT2D eigenvalue weighted by Gasteiger charge is -2.13. The number of primary sulfonamides is 1. The number of nitrogens with two attached hydrogens (primary N) is 2. The molecule has 0 aliphatic carbocycles. The van der Waals surface area contributed by atoms with E-state index in [9.17, 15) is 8.42 Å². The molecule has 2 heterocycles. The van der Waals surface area contributed by atoms with Gasteiger partial charge in [0.15, 0.2) is 0 Å². The first-order chi connectivity index (χ1) is 12.2. The molecule has 0 aliphatic heterocycles. The van der Waals surface area contributed by atoms with Gasteiger partial charge in [0.05, 0.1) is 15.7 Å². The monoisotopic (exact) mass is 408 g/mol. The molecule has 0 saturated carbocycles. The lowest BCUT2D eigenvalue weighted by atomic mass is 9.99. The zero-order chi connectivity index (χ0) is 19.1. The fourth-order valence-corrected chi connectivity index (χ4v) is 3.85. The van der Waals surface area contributed by atoms with Gasteiger partial charge in [-0.2, -0.15) is 0 Å². The molecule has 0 fully saturated rings. The summed E-state index contributed by atoms with van der Waals surface area (Å²) in [4.78, 5) is 8.10. The maximum Gasteiger partial charge on any atom is 0.239 e. The molecular weight excluding hydrogens is 395 g/mol. The predicted octanol–water partition coefficient (Wildman–Crippen LogP) is 3.66. The number of hydrogen-bond acceptors (Lipinski definition) is 5. The Morgan fingerprint density at radius 3 is 2.31 bits per heavy atom. The molecule has 134 valence electrons. The van der Waals surface area contributed by atoms with Gasteiger partial charge in [0.25, 0.3) is 0 Å². The van der Waals surface area contributed by atoms with E-state index in [1.165, 1.54) is 12.3 Å². The molecule has 2 aromatic heterocycles. The number of nitrogen functional groups attached to an aromatic ring is 1. The van der Waals surface area contributed by atoms with E-state index in [1.807, 2.05) is 6.92 Å². The van der Waals surface area contributed by atoms with Crippen LogP contribution in [0.4, 0.5) is 5.82 Å². The Bertz CT molecular complexity index is 1100. The van der Waals surface area contributed by atoms with Crippen molar-refractivity contribution in [2.24, 2.45) is 5.14 Å². The first kappa shape index (κ1) is 18.6. The van der Waals surface area contributed by atoms with Crippen LogP contribution < -0.4 is 10.9 Å². The zero-order valence-corrected chi connectivity index (χ0v) is 15.9. The van der Waals surface area contributed by atoms with E-state index >= 15 is 0 Å². The summed E-state index contributed by atoms with van der Waals surface area (Å²) in [6, 6.07) is 8.12. The van der Waals surface area contributed by atoms with E-state index < -0.39 is 10.0 Å². The van der Waals surface area contributed by atoms with Gasteiger partial charge in [0.2, 0.25) is 10.0 Å². The van der Waals surface area contributed by atoms with Crippen LogP contribution in [-0.2, 0) is 10.0 Å². The van der Waals surface area contributed by atoms with Crippen LogP contribution in [0, 0.1) is 6.92 Å². The fraction of sp³-hybridized carbons (Fsp3) is 0.0588. The Morgan fingerprint density at radius 2 is 1.73 bits per heavy atom. The lowest BCUT2D eigenvalue weighted by Crippen LogP contribution is -2.13. The third-order valence-electron chi connectivity index (χ3n) is 3.79. The molecule has 0 bridgehead atoms. The van der Waals surface area contributed by atoms with Crippen LogP contribution in [0.15, 0.2) is 47.6 Å². The standard InChI is InChI=1S/C17H14Cl2N4O2S/c1-9-4-16(20)23-8-13(9)10-5-12(14-3-2-11(18)7-22-14)17(19)15(6-10)26(21,24)25/h2-8H,1H3,(H2,20,23)(H2,21,24,25). The minimum atomic E-state index is -4.05. The molecule has 3 rings (SSSR count). The van der Waals surface area contributed by atoms with Crippen LogP contribution in [0.3, 0.4) is 0 Å². The molecule has 0 unspecified atom stereocenters. The van der Waals surface area contributed by atoms with Crippen molar-refractivity contribution in [1.82, 2.24) is 9.97 Å². The lowest BCUT2D eigenvalue weighted by molar-refractivity contribution is 0.598. The molecule has 26 heavy (non-hydrogen) atoms. The van der Waals surface area contributed by atoms with Crippen molar-refractivity contribution in [3.8, 4) is 22.4 Å². The largest absolute Gasteiger partial charge is 0.384 e. The van der Waals surface area contributed by atoms with Gasteiger partial charge in [-0.1, -0.05) is 23.2 Å². The number of aryl methyl sites for hydroxylation is 1. The highest BCUT2D eigenvalue weighted by molar-refractivity contribution is 7.89. The number of rotatable bonds is 3. The molecule has 0 atom stereocenters. The highest BCUT2D eigenvalue weighted by Gasteiger charge is 2.20. The molecule has 0 amide bonds. The number of hydrogen-bond donors (Lipinski definition) is 2. The summed E-state index contributed by atoms with van der Waals surface area (Å²) in [7, 11) is -4.05. The predicted molar refractivity (Wildman–Crippen MR) is 103 cm³/mol. The normalized spacial score (nSPS) is 11.5. The van der Waals surface area contributed by atoms with Crippen LogP contribution >= 0.6 is 23.2 Å². The van der Waals surface area contributed by atoms with Crippen LogP contribution in [0.2, 0.25) is 10.0 Å². The number of benzene rings is 1. The van der Waals surface area contributed by atoms with E-state index in [4.69, 9.17) is 34.1 Å². The van der Waals surface area contributed by atoms with Crippen molar-refractivity contribution in [3.05, 3.63) is 58.3 Å². The zero-order valence-electron chi connectivity index (χ0n) is 13.6. The van der Waals surface area contributed by atoms with E-state index in [0.29, 0.717) is 33.2 Å². The van der Waals surface area contributed by atoms with Gasteiger partial charge in [-0.3, -0.25) is 4.98 Å². The highest BCUT2D eigenvalue weighted by atomic mass is 35.5. The topological polar surface area (TPSA) is 112 Å². The van der Waals surface area contributed by atoms with Crippen molar-refractivity contribution < 1.29 is 8.42 Å². The molecule has 0 saturated heterocycles.